The summed E-state index contributed by atoms with van der Waals surface area (Å²) in [6.45, 7) is 11.1. The average Bonchev–Trinajstić information content (AvgIpc) is 2.05. The Bertz CT molecular complexity index is 204. The zero-order valence-electron chi connectivity index (χ0n) is 11.3. The molecule has 96 valence electrons. The van der Waals surface area contributed by atoms with Gasteiger partial charge in [-0.3, -0.25) is 0 Å². The van der Waals surface area contributed by atoms with Crippen LogP contribution in [-0.2, 0) is 4.74 Å². The molecule has 0 radical (unpaired) electrons. The Morgan fingerprint density at radius 1 is 1.31 bits per heavy atom. The molecule has 1 rings (SSSR count). The van der Waals surface area contributed by atoms with Crippen LogP contribution >= 0.6 is 0 Å². The van der Waals surface area contributed by atoms with Crippen LogP contribution in [0.2, 0.25) is 0 Å². The first kappa shape index (κ1) is 13.9. The van der Waals surface area contributed by atoms with Crippen molar-refractivity contribution < 1.29 is 9.84 Å². The first-order chi connectivity index (χ1) is 7.28. The van der Waals surface area contributed by atoms with Gasteiger partial charge in [-0.25, -0.2) is 0 Å². The second-order valence-corrected chi connectivity index (χ2v) is 6.24. The highest BCUT2D eigenvalue weighted by Crippen LogP contribution is 2.27. The minimum absolute atomic E-state index is 0.0346. The van der Waals surface area contributed by atoms with Gasteiger partial charge in [-0.1, -0.05) is 13.8 Å². The van der Waals surface area contributed by atoms with Gasteiger partial charge in [0.1, 0.15) is 0 Å². The van der Waals surface area contributed by atoms with Crippen molar-refractivity contribution in [2.24, 2.45) is 5.92 Å². The SMILES string of the molecule is CC(C)C(O)CNC1CC(OC(C)(C)C)C1. The van der Waals surface area contributed by atoms with Crippen LogP contribution < -0.4 is 5.32 Å². The van der Waals surface area contributed by atoms with E-state index in [0.717, 1.165) is 12.8 Å². The van der Waals surface area contributed by atoms with Gasteiger partial charge in [0.05, 0.1) is 17.8 Å². The monoisotopic (exact) mass is 229 g/mol. The summed E-state index contributed by atoms with van der Waals surface area (Å²) in [5, 5.41) is 13.0. The molecule has 0 saturated heterocycles. The molecule has 1 aliphatic rings. The standard InChI is InChI=1S/C13H27NO2/c1-9(2)12(15)8-14-10-6-11(7-10)16-13(3,4)5/h9-12,14-15H,6-8H2,1-5H3. The molecule has 1 saturated carbocycles. The predicted molar refractivity (Wildman–Crippen MR) is 66.5 cm³/mol. The van der Waals surface area contributed by atoms with Crippen LogP contribution in [0.3, 0.4) is 0 Å². The van der Waals surface area contributed by atoms with Gasteiger partial charge in [-0.05, 0) is 39.5 Å². The van der Waals surface area contributed by atoms with Gasteiger partial charge in [-0.15, -0.1) is 0 Å². The van der Waals surface area contributed by atoms with Crippen LogP contribution in [0.5, 0.6) is 0 Å². The van der Waals surface area contributed by atoms with Crippen molar-refractivity contribution in [2.45, 2.75) is 71.3 Å². The van der Waals surface area contributed by atoms with Crippen LogP contribution in [-0.4, -0.2) is 35.5 Å². The fourth-order valence-corrected chi connectivity index (χ4v) is 1.85. The van der Waals surface area contributed by atoms with Crippen LogP contribution in [0.15, 0.2) is 0 Å². The van der Waals surface area contributed by atoms with Crippen molar-refractivity contribution in [3.8, 4) is 0 Å². The van der Waals surface area contributed by atoms with Gasteiger partial charge in [0.25, 0.3) is 0 Å². The highest BCUT2D eigenvalue weighted by atomic mass is 16.5. The van der Waals surface area contributed by atoms with Gasteiger partial charge in [0, 0.05) is 12.6 Å². The molecule has 0 aromatic carbocycles. The van der Waals surface area contributed by atoms with E-state index < -0.39 is 0 Å². The maximum atomic E-state index is 9.65. The van der Waals surface area contributed by atoms with E-state index in [-0.39, 0.29) is 11.7 Å². The number of nitrogens with one attached hydrogen (secondary N) is 1. The van der Waals surface area contributed by atoms with E-state index in [0.29, 0.717) is 24.6 Å². The molecule has 0 heterocycles. The number of rotatable bonds is 5. The van der Waals surface area contributed by atoms with Gasteiger partial charge in [0.15, 0.2) is 0 Å². The van der Waals surface area contributed by atoms with Crippen LogP contribution in [0.4, 0.5) is 0 Å². The lowest BCUT2D eigenvalue weighted by molar-refractivity contribution is -0.103. The summed E-state index contributed by atoms with van der Waals surface area (Å²) in [7, 11) is 0. The third kappa shape index (κ3) is 4.81. The second kappa shape index (κ2) is 5.48. The Morgan fingerprint density at radius 3 is 2.31 bits per heavy atom. The molecule has 0 aromatic heterocycles. The summed E-state index contributed by atoms with van der Waals surface area (Å²) in [6.07, 6.45) is 2.31. The molecule has 3 heteroatoms. The summed E-state index contributed by atoms with van der Waals surface area (Å²) in [5.41, 5.74) is -0.0346. The number of hydrogen-bond donors (Lipinski definition) is 2. The van der Waals surface area contributed by atoms with Crippen molar-refractivity contribution in [3.63, 3.8) is 0 Å². The highest BCUT2D eigenvalue weighted by molar-refractivity contribution is 4.88. The lowest BCUT2D eigenvalue weighted by Gasteiger charge is -2.40. The Morgan fingerprint density at radius 2 is 1.88 bits per heavy atom. The van der Waals surface area contributed by atoms with Crippen molar-refractivity contribution in [1.29, 1.82) is 0 Å². The molecule has 2 N–H and O–H groups in total. The lowest BCUT2D eigenvalue weighted by Crippen LogP contribution is -2.50. The molecular formula is C13H27NO2. The third-order valence-corrected chi connectivity index (χ3v) is 3.00. The topological polar surface area (TPSA) is 41.5 Å². The van der Waals surface area contributed by atoms with E-state index in [2.05, 4.69) is 26.1 Å². The van der Waals surface area contributed by atoms with Crippen molar-refractivity contribution in [2.75, 3.05) is 6.54 Å². The molecule has 0 aliphatic heterocycles. The molecule has 0 bridgehead atoms. The molecule has 16 heavy (non-hydrogen) atoms. The minimum atomic E-state index is -0.234. The Balaban J connectivity index is 2.08. The molecule has 3 nitrogen and oxygen atoms in total. The molecule has 1 atom stereocenters. The third-order valence-electron chi connectivity index (χ3n) is 3.00. The molecule has 1 aliphatic carbocycles. The summed E-state index contributed by atoms with van der Waals surface area (Å²) in [6, 6.07) is 0.528. The quantitative estimate of drug-likeness (QED) is 0.757. The molecule has 0 amide bonds. The first-order valence-corrected chi connectivity index (χ1v) is 6.37. The van der Waals surface area contributed by atoms with Crippen LogP contribution in [0, 0.1) is 5.92 Å². The number of aliphatic hydroxyl groups is 1. The van der Waals surface area contributed by atoms with Crippen molar-refractivity contribution >= 4 is 0 Å². The minimum Gasteiger partial charge on any atom is -0.392 e. The highest BCUT2D eigenvalue weighted by Gasteiger charge is 2.32. The summed E-state index contributed by atoms with van der Waals surface area (Å²) < 4.78 is 5.86. The summed E-state index contributed by atoms with van der Waals surface area (Å²) in [4.78, 5) is 0. The molecule has 0 aromatic rings. The molecular weight excluding hydrogens is 202 g/mol. The van der Waals surface area contributed by atoms with Crippen LogP contribution in [0.25, 0.3) is 0 Å². The normalized spacial score (nSPS) is 27.9. The zero-order valence-corrected chi connectivity index (χ0v) is 11.3. The number of ether oxygens (including phenoxy) is 1. The van der Waals surface area contributed by atoms with E-state index in [1.54, 1.807) is 0 Å². The van der Waals surface area contributed by atoms with E-state index in [1.165, 1.54) is 0 Å². The second-order valence-electron chi connectivity index (χ2n) is 6.24. The van der Waals surface area contributed by atoms with Gasteiger partial charge in [-0.2, -0.15) is 0 Å². The summed E-state index contributed by atoms with van der Waals surface area (Å²) >= 11 is 0. The zero-order chi connectivity index (χ0) is 12.3. The summed E-state index contributed by atoms with van der Waals surface area (Å²) in [5.74, 6) is 0.328. The maximum Gasteiger partial charge on any atom is 0.0687 e. The molecule has 1 fully saturated rings. The molecule has 1 unspecified atom stereocenters. The maximum absolute atomic E-state index is 9.65. The van der Waals surface area contributed by atoms with E-state index in [1.807, 2.05) is 13.8 Å². The Kier molecular flexibility index (Phi) is 4.77. The van der Waals surface area contributed by atoms with Gasteiger partial charge >= 0.3 is 0 Å². The van der Waals surface area contributed by atoms with Gasteiger partial charge < -0.3 is 15.2 Å². The Hall–Kier alpha value is -0.120. The molecule has 0 spiro atoms. The van der Waals surface area contributed by atoms with E-state index in [4.69, 9.17) is 4.74 Å². The fraction of sp³-hybridized carbons (Fsp3) is 1.00. The lowest BCUT2D eigenvalue weighted by atomic mass is 9.88. The smallest absolute Gasteiger partial charge is 0.0687 e. The van der Waals surface area contributed by atoms with Gasteiger partial charge in [0.2, 0.25) is 0 Å². The van der Waals surface area contributed by atoms with Crippen molar-refractivity contribution in [3.05, 3.63) is 0 Å². The Labute approximate surface area is 99.6 Å². The van der Waals surface area contributed by atoms with Crippen LogP contribution in [0.1, 0.15) is 47.5 Å². The first-order valence-electron chi connectivity index (χ1n) is 6.37. The fourth-order valence-electron chi connectivity index (χ4n) is 1.85. The van der Waals surface area contributed by atoms with E-state index >= 15 is 0 Å². The average molecular weight is 229 g/mol. The van der Waals surface area contributed by atoms with Crippen molar-refractivity contribution in [1.82, 2.24) is 5.32 Å². The predicted octanol–water partition coefficient (Wildman–Crippen LogP) is 1.94. The number of aliphatic hydroxyl groups excluding tert-OH is 1. The number of hydrogen-bond acceptors (Lipinski definition) is 3. The van der Waals surface area contributed by atoms with E-state index in [9.17, 15) is 5.11 Å². The largest absolute Gasteiger partial charge is 0.392 e.